The number of nitrogens with zero attached hydrogens (tertiary/aromatic N) is 1. The van der Waals surface area contributed by atoms with E-state index in [1.165, 1.54) is 22.4 Å². The molecule has 1 heteroatoms. The van der Waals surface area contributed by atoms with E-state index in [0.717, 1.165) is 11.3 Å². The first kappa shape index (κ1) is 16.0. The molecule has 0 N–H and O–H groups in total. The van der Waals surface area contributed by atoms with Crippen LogP contribution in [0.2, 0.25) is 0 Å². The molecule has 0 amide bonds. The fourth-order valence-electron chi connectivity index (χ4n) is 2.04. The van der Waals surface area contributed by atoms with Crippen LogP contribution in [0.25, 0.3) is 5.57 Å². The SMILES string of the molecule is C=C/C(C)=C(/C)N(C)/C(C)=C\C(=C)c1ccccc1C. The first-order valence-electron chi connectivity index (χ1n) is 6.85. The van der Waals surface area contributed by atoms with Crippen molar-refractivity contribution in [1.82, 2.24) is 4.90 Å². The van der Waals surface area contributed by atoms with Gasteiger partial charge < -0.3 is 4.90 Å². The molecule has 0 saturated heterocycles. The third kappa shape index (κ3) is 3.74. The molecule has 0 aromatic heterocycles. The molecule has 0 aliphatic carbocycles. The molecule has 20 heavy (non-hydrogen) atoms. The molecule has 0 atom stereocenters. The Balaban J connectivity index is 3.03. The van der Waals surface area contributed by atoms with E-state index in [1.807, 2.05) is 12.1 Å². The average Bonchev–Trinajstić information content (AvgIpc) is 2.44. The third-order valence-corrected chi connectivity index (χ3v) is 3.78. The van der Waals surface area contributed by atoms with Crippen molar-refractivity contribution in [2.45, 2.75) is 27.7 Å². The van der Waals surface area contributed by atoms with Crippen LogP contribution in [0.3, 0.4) is 0 Å². The summed E-state index contributed by atoms with van der Waals surface area (Å²) in [6.07, 6.45) is 4.01. The van der Waals surface area contributed by atoms with E-state index in [0.29, 0.717) is 0 Å². The van der Waals surface area contributed by atoms with Gasteiger partial charge in [0.1, 0.15) is 0 Å². The van der Waals surface area contributed by atoms with Gasteiger partial charge in [0.2, 0.25) is 0 Å². The number of hydrogen-bond acceptors (Lipinski definition) is 1. The number of benzene rings is 1. The van der Waals surface area contributed by atoms with Gasteiger partial charge in [-0.2, -0.15) is 0 Å². The van der Waals surface area contributed by atoms with Crippen LogP contribution < -0.4 is 0 Å². The van der Waals surface area contributed by atoms with Gasteiger partial charge in [-0.3, -0.25) is 0 Å². The van der Waals surface area contributed by atoms with Gasteiger partial charge in [0, 0.05) is 18.4 Å². The van der Waals surface area contributed by atoms with Crippen LogP contribution in [0, 0.1) is 6.92 Å². The molecule has 0 bridgehead atoms. The van der Waals surface area contributed by atoms with Crippen molar-refractivity contribution in [1.29, 1.82) is 0 Å². The summed E-state index contributed by atoms with van der Waals surface area (Å²) in [5.74, 6) is 0. The molecule has 0 unspecified atom stereocenters. The largest absolute Gasteiger partial charge is 0.352 e. The predicted molar refractivity (Wildman–Crippen MR) is 90.3 cm³/mol. The van der Waals surface area contributed by atoms with Crippen molar-refractivity contribution >= 4 is 5.57 Å². The molecule has 0 spiro atoms. The van der Waals surface area contributed by atoms with E-state index in [1.54, 1.807) is 0 Å². The second-order valence-electron chi connectivity index (χ2n) is 5.16. The Morgan fingerprint density at radius 3 is 2.30 bits per heavy atom. The van der Waals surface area contributed by atoms with E-state index in [2.05, 4.69) is 77.1 Å². The van der Waals surface area contributed by atoms with Crippen molar-refractivity contribution in [2.75, 3.05) is 7.05 Å². The van der Waals surface area contributed by atoms with Crippen molar-refractivity contribution < 1.29 is 0 Å². The Bertz CT molecular complexity index is 573. The lowest BCUT2D eigenvalue weighted by Gasteiger charge is -2.23. The molecular weight excluding hydrogens is 242 g/mol. The number of rotatable bonds is 5. The molecule has 106 valence electrons. The second-order valence-corrected chi connectivity index (χ2v) is 5.16. The predicted octanol–water partition coefficient (Wildman–Crippen LogP) is 5.32. The summed E-state index contributed by atoms with van der Waals surface area (Å²) in [7, 11) is 2.07. The smallest absolute Gasteiger partial charge is 0.0171 e. The highest BCUT2D eigenvalue weighted by molar-refractivity contribution is 5.74. The van der Waals surface area contributed by atoms with Crippen molar-refractivity contribution in [3.63, 3.8) is 0 Å². The molecule has 0 heterocycles. The molecule has 0 aliphatic heterocycles. The molecule has 0 saturated carbocycles. The van der Waals surface area contributed by atoms with Gasteiger partial charge in [-0.25, -0.2) is 0 Å². The Kier molecular flexibility index (Phi) is 5.57. The van der Waals surface area contributed by atoms with Crippen LogP contribution >= 0.6 is 0 Å². The first-order valence-corrected chi connectivity index (χ1v) is 6.85. The molecular formula is C19H25N. The van der Waals surface area contributed by atoms with Gasteiger partial charge in [0.15, 0.2) is 0 Å². The molecule has 0 radical (unpaired) electrons. The molecule has 1 aromatic carbocycles. The highest BCUT2D eigenvalue weighted by Gasteiger charge is 2.06. The van der Waals surface area contributed by atoms with Crippen LogP contribution in [0.5, 0.6) is 0 Å². The van der Waals surface area contributed by atoms with Crippen LogP contribution in [-0.2, 0) is 0 Å². The van der Waals surface area contributed by atoms with Crippen LogP contribution in [-0.4, -0.2) is 11.9 Å². The third-order valence-electron chi connectivity index (χ3n) is 3.78. The Labute approximate surface area is 123 Å². The summed E-state index contributed by atoms with van der Waals surface area (Å²) in [6, 6.07) is 8.32. The van der Waals surface area contributed by atoms with Gasteiger partial charge in [0.05, 0.1) is 0 Å². The van der Waals surface area contributed by atoms with Crippen molar-refractivity contribution in [2.24, 2.45) is 0 Å². The lowest BCUT2D eigenvalue weighted by Crippen LogP contribution is -2.14. The topological polar surface area (TPSA) is 3.24 Å². The van der Waals surface area contributed by atoms with E-state index in [-0.39, 0.29) is 0 Å². The average molecular weight is 267 g/mol. The number of hydrogen-bond donors (Lipinski definition) is 0. The molecule has 0 aliphatic rings. The lowest BCUT2D eigenvalue weighted by molar-refractivity contribution is 0.517. The maximum absolute atomic E-state index is 4.19. The Morgan fingerprint density at radius 2 is 1.75 bits per heavy atom. The maximum atomic E-state index is 4.19. The van der Waals surface area contributed by atoms with Crippen LogP contribution in [0.4, 0.5) is 0 Å². The summed E-state index contributed by atoms with van der Waals surface area (Å²) in [6.45, 7) is 16.4. The summed E-state index contributed by atoms with van der Waals surface area (Å²) in [4.78, 5) is 2.17. The van der Waals surface area contributed by atoms with Gasteiger partial charge in [-0.05, 0) is 56.0 Å². The highest BCUT2D eigenvalue weighted by atomic mass is 15.1. The molecule has 0 fully saturated rings. The second kappa shape index (κ2) is 6.95. The summed E-state index contributed by atoms with van der Waals surface area (Å²) >= 11 is 0. The van der Waals surface area contributed by atoms with E-state index in [9.17, 15) is 0 Å². The zero-order chi connectivity index (χ0) is 15.3. The van der Waals surface area contributed by atoms with Crippen molar-refractivity contribution in [3.05, 3.63) is 77.7 Å². The summed E-state index contributed by atoms with van der Waals surface area (Å²) in [5, 5.41) is 0. The van der Waals surface area contributed by atoms with E-state index >= 15 is 0 Å². The minimum absolute atomic E-state index is 1.04. The molecule has 1 aromatic rings. The number of aryl methyl sites for hydroxylation is 1. The lowest BCUT2D eigenvalue weighted by atomic mass is 10.0. The van der Waals surface area contributed by atoms with E-state index in [4.69, 9.17) is 0 Å². The Morgan fingerprint density at radius 1 is 1.15 bits per heavy atom. The first-order chi connectivity index (χ1) is 9.38. The maximum Gasteiger partial charge on any atom is 0.0171 e. The normalized spacial score (nSPS) is 12.8. The highest BCUT2D eigenvalue weighted by Crippen LogP contribution is 2.22. The van der Waals surface area contributed by atoms with Gasteiger partial charge in [-0.1, -0.05) is 43.5 Å². The quantitative estimate of drug-likeness (QED) is 0.652. The van der Waals surface area contributed by atoms with Crippen LogP contribution in [0.15, 0.2) is 66.5 Å². The summed E-state index contributed by atoms with van der Waals surface area (Å²) in [5.41, 5.74) is 7.03. The minimum atomic E-state index is 1.04. The van der Waals surface area contributed by atoms with E-state index < -0.39 is 0 Å². The number of allylic oxidation sites excluding steroid dienone is 6. The van der Waals surface area contributed by atoms with Crippen LogP contribution in [0.1, 0.15) is 31.9 Å². The zero-order valence-corrected chi connectivity index (χ0v) is 13.3. The van der Waals surface area contributed by atoms with Gasteiger partial charge in [-0.15, -0.1) is 0 Å². The monoisotopic (exact) mass is 267 g/mol. The standard InChI is InChI=1S/C19H25N/c1-8-14(2)18(6)20(7)17(5)13-16(4)19-12-10-9-11-15(19)3/h8-13H,1,4H2,2-3,5-7H3/b17-13-,18-14-. The molecule has 1 nitrogen and oxygen atoms in total. The fraction of sp³-hybridized carbons (Fsp3) is 0.263. The Hall–Kier alpha value is -2.02. The van der Waals surface area contributed by atoms with Gasteiger partial charge >= 0.3 is 0 Å². The summed E-state index contributed by atoms with van der Waals surface area (Å²) < 4.78 is 0. The minimum Gasteiger partial charge on any atom is -0.352 e. The fourth-order valence-corrected chi connectivity index (χ4v) is 2.04. The zero-order valence-electron chi connectivity index (χ0n) is 13.3. The molecule has 1 rings (SSSR count). The van der Waals surface area contributed by atoms with Gasteiger partial charge in [0.25, 0.3) is 0 Å². The van der Waals surface area contributed by atoms with Crippen molar-refractivity contribution in [3.8, 4) is 0 Å².